The Morgan fingerprint density at radius 1 is 1.00 bits per heavy atom. The Morgan fingerprint density at radius 2 is 1.75 bits per heavy atom. The molecule has 0 saturated carbocycles. The molecule has 4 aromatic rings. The monoisotopic (exact) mass is 390 g/mol. The first-order valence-corrected chi connectivity index (χ1v) is 10.3. The number of hydrogen-bond donors (Lipinski definition) is 1. The highest BCUT2D eigenvalue weighted by molar-refractivity contribution is 8.00. The molecule has 1 amide bonds. The van der Waals surface area contributed by atoms with Crippen molar-refractivity contribution in [3.05, 3.63) is 66.7 Å². The van der Waals surface area contributed by atoms with Crippen LogP contribution in [0.1, 0.15) is 6.92 Å². The second-order valence-corrected chi connectivity index (χ2v) is 7.55. The van der Waals surface area contributed by atoms with Gasteiger partial charge in [-0.1, -0.05) is 18.2 Å². The van der Waals surface area contributed by atoms with Crippen molar-refractivity contribution in [2.45, 2.75) is 18.4 Å². The van der Waals surface area contributed by atoms with Crippen molar-refractivity contribution in [2.75, 3.05) is 18.2 Å². The van der Waals surface area contributed by atoms with Crippen LogP contribution in [0.2, 0.25) is 0 Å². The summed E-state index contributed by atoms with van der Waals surface area (Å²) in [6.07, 6.45) is 0. The van der Waals surface area contributed by atoms with Gasteiger partial charge in [0.1, 0.15) is 5.75 Å². The molecule has 1 N–H and O–H groups in total. The molecule has 0 spiro atoms. The summed E-state index contributed by atoms with van der Waals surface area (Å²) in [5.74, 6) is 1.16. The minimum Gasteiger partial charge on any atom is -0.497 e. The highest BCUT2D eigenvalue weighted by atomic mass is 32.2. The lowest BCUT2D eigenvalue weighted by atomic mass is 10.1. The number of carbonyl (C=O) groups is 1. The van der Waals surface area contributed by atoms with E-state index in [1.807, 2.05) is 30.3 Å². The summed E-state index contributed by atoms with van der Waals surface area (Å²) >= 11 is 1.51. The number of rotatable bonds is 6. The maximum Gasteiger partial charge on any atom is 0.234 e. The molecule has 1 heterocycles. The van der Waals surface area contributed by atoms with Gasteiger partial charge in [-0.2, -0.15) is 0 Å². The largest absolute Gasteiger partial charge is 0.497 e. The third kappa shape index (κ3) is 3.58. The Bertz CT molecular complexity index is 1130. The van der Waals surface area contributed by atoms with Gasteiger partial charge in [-0.3, -0.25) is 4.79 Å². The van der Waals surface area contributed by atoms with E-state index >= 15 is 0 Å². The number of fused-ring (bicyclic) bond motifs is 3. The zero-order chi connectivity index (χ0) is 19.5. The lowest BCUT2D eigenvalue weighted by Crippen LogP contribution is -2.13. The molecule has 0 aliphatic rings. The summed E-state index contributed by atoms with van der Waals surface area (Å²) in [5.41, 5.74) is 3.24. The molecular formula is C23H22N2O2S. The van der Waals surface area contributed by atoms with Crippen LogP contribution in [0.3, 0.4) is 0 Å². The number of anilines is 1. The van der Waals surface area contributed by atoms with Gasteiger partial charge in [-0.15, -0.1) is 11.8 Å². The fraction of sp³-hybridized carbons (Fsp3) is 0.174. The molecule has 3 aromatic carbocycles. The molecule has 0 aliphatic heterocycles. The van der Waals surface area contributed by atoms with E-state index in [1.54, 1.807) is 7.11 Å². The highest BCUT2D eigenvalue weighted by Gasteiger charge is 2.11. The van der Waals surface area contributed by atoms with Crippen molar-refractivity contribution in [1.29, 1.82) is 0 Å². The predicted molar refractivity (Wildman–Crippen MR) is 117 cm³/mol. The average Bonchev–Trinajstić information content (AvgIpc) is 3.05. The van der Waals surface area contributed by atoms with Gasteiger partial charge in [0.2, 0.25) is 5.91 Å². The summed E-state index contributed by atoms with van der Waals surface area (Å²) in [5, 5.41) is 5.40. The Labute approximate surface area is 168 Å². The van der Waals surface area contributed by atoms with Crippen LogP contribution in [0.5, 0.6) is 5.75 Å². The molecule has 142 valence electrons. The van der Waals surface area contributed by atoms with E-state index in [4.69, 9.17) is 4.74 Å². The lowest BCUT2D eigenvalue weighted by Gasteiger charge is -2.07. The molecule has 4 nitrogen and oxygen atoms in total. The first-order chi connectivity index (χ1) is 13.7. The third-order valence-electron chi connectivity index (χ3n) is 4.80. The number of nitrogens with one attached hydrogen (secondary N) is 1. The van der Waals surface area contributed by atoms with E-state index in [9.17, 15) is 4.79 Å². The first-order valence-electron chi connectivity index (χ1n) is 9.27. The number of thioether (sulfide) groups is 1. The van der Waals surface area contributed by atoms with Crippen LogP contribution in [0, 0.1) is 0 Å². The van der Waals surface area contributed by atoms with E-state index in [2.05, 4.69) is 53.2 Å². The molecule has 0 bridgehead atoms. The standard InChI is InChI=1S/C23H22N2O2S/c1-3-25-21-7-5-4-6-19(21)20-14-16(8-13-22(20)25)24-23(26)15-28-18-11-9-17(27-2)10-12-18/h4-14H,3,15H2,1-2H3,(H,24,26). The summed E-state index contributed by atoms with van der Waals surface area (Å²) in [7, 11) is 1.64. The van der Waals surface area contributed by atoms with Crippen LogP contribution < -0.4 is 10.1 Å². The van der Waals surface area contributed by atoms with Crippen molar-refractivity contribution >= 4 is 45.2 Å². The molecule has 28 heavy (non-hydrogen) atoms. The fourth-order valence-corrected chi connectivity index (χ4v) is 4.19. The van der Waals surface area contributed by atoms with Gasteiger partial charge < -0.3 is 14.6 Å². The van der Waals surface area contributed by atoms with E-state index in [0.29, 0.717) is 5.75 Å². The number of aromatic nitrogens is 1. The SMILES string of the molecule is CCn1c2ccccc2c2cc(NC(=O)CSc3ccc(OC)cc3)ccc21. The predicted octanol–water partition coefficient (Wildman–Crippen LogP) is 5.55. The van der Waals surface area contributed by atoms with Crippen molar-refractivity contribution in [2.24, 2.45) is 0 Å². The van der Waals surface area contributed by atoms with Gasteiger partial charge in [-0.25, -0.2) is 0 Å². The molecule has 5 heteroatoms. The van der Waals surface area contributed by atoms with Crippen molar-refractivity contribution in [3.8, 4) is 5.75 Å². The Balaban J connectivity index is 1.51. The van der Waals surface area contributed by atoms with E-state index < -0.39 is 0 Å². The molecule has 4 rings (SSSR count). The fourth-order valence-electron chi connectivity index (χ4n) is 3.49. The second kappa shape index (κ2) is 7.98. The quantitative estimate of drug-likeness (QED) is 0.439. The second-order valence-electron chi connectivity index (χ2n) is 6.51. The Kier molecular flexibility index (Phi) is 5.26. The minimum absolute atomic E-state index is 0.0144. The summed E-state index contributed by atoms with van der Waals surface area (Å²) in [6.45, 7) is 3.06. The summed E-state index contributed by atoms with van der Waals surface area (Å²) < 4.78 is 7.46. The Morgan fingerprint density at radius 3 is 2.50 bits per heavy atom. The number of benzene rings is 3. The minimum atomic E-state index is -0.0144. The van der Waals surface area contributed by atoms with Gasteiger partial charge >= 0.3 is 0 Å². The van der Waals surface area contributed by atoms with E-state index in [1.165, 1.54) is 28.2 Å². The summed E-state index contributed by atoms with van der Waals surface area (Å²) in [6, 6.07) is 22.2. The van der Waals surface area contributed by atoms with Crippen LogP contribution in [-0.4, -0.2) is 23.3 Å². The van der Waals surface area contributed by atoms with Gasteiger partial charge in [0.15, 0.2) is 0 Å². The topological polar surface area (TPSA) is 43.3 Å². The van der Waals surface area contributed by atoms with Crippen LogP contribution >= 0.6 is 11.8 Å². The normalized spacial score (nSPS) is 11.1. The number of nitrogens with zero attached hydrogens (tertiary/aromatic N) is 1. The smallest absolute Gasteiger partial charge is 0.234 e. The number of amides is 1. The van der Waals surface area contributed by atoms with Crippen LogP contribution in [-0.2, 0) is 11.3 Å². The maximum absolute atomic E-state index is 12.4. The van der Waals surface area contributed by atoms with E-state index in [-0.39, 0.29) is 5.91 Å². The van der Waals surface area contributed by atoms with Gasteiger partial charge in [0.25, 0.3) is 0 Å². The molecule has 0 aliphatic carbocycles. The highest BCUT2D eigenvalue weighted by Crippen LogP contribution is 2.31. The number of hydrogen-bond acceptors (Lipinski definition) is 3. The molecule has 1 aromatic heterocycles. The number of ether oxygens (including phenoxy) is 1. The average molecular weight is 391 g/mol. The zero-order valence-corrected chi connectivity index (χ0v) is 16.8. The van der Waals surface area contributed by atoms with Crippen molar-refractivity contribution < 1.29 is 9.53 Å². The van der Waals surface area contributed by atoms with Crippen LogP contribution in [0.15, 0.2) is 71.6 Å². The van der Waals surface area contributed by atoms with Gasteiger partial charge in [0.05, 0.1) is 12.9 Å². The Hall–Kier alpha value is -2.92. The summed E-state index contributed by atoms with van der Waals surface area (Å²) in [4.78, 5) is 13.4. The van der Waals surface area contributed by atoms with Gasteiger partial charge in [0, 0.05) is 38.9 Å². The third-order valence-corrected chi connectivity index (χ3v) is 5.81. The van der Waals surface area contributed by atoms with Crippen molar-refractivity contribution in [3.63, 3.8) is 0 Å². The van der Waals surface area contributed by atoms with Crippen LogP contribution in [0.25, 0.3) is 21.8 Å². The first kappa shape index (κ1) is 18.4. The van der Waals surface area contributed by atoms with E-state index in [0.717, 1.165) is 28.3 Å². The van der Waals surface area contributed by atoms with Crippen molar-refractivity contribution in [1.82, 2.24) is 4.57 Å². The molecule has 0 radical (unpaired) electrons. The zero-order valence-electron chi connectivity index (χ0n) is 15.9. The maximum atomic E-state index is 12.4. The molecule has 0 unspecified atom stereocenters. The molecular weight excluding hydrogens is 368 g/mol. The number of methoxy groups -OCH3 is 1. The number of para-hydroxylation sites is 1. The van der Waals surface area contributed by atoms with Crippen LogP contribution in [0.4, 0.5) is 5.69 Å². The number of aryl methyl sites for hydroxylation is 1. The lowest BCUT2D eigenvalue weighted by molar-refractivity contribution is -0.113. The number of carbonyl (C=O) groups excluding carboxylic acids is 1. The molecule has 0 atom stereocenters. The van der Waals surface area contributed by atoms with Gasteiger partial charge in [-0.05, 0) is 55.5 Å². The molecule has 0 fully saturated rings. The molecule has 0 saturated heterocycles.